The largest absolute Gasteiger partial charge is 0.484 e. The Morgan fingerprint density at radius 1 is 1.06 bits per heavy atom. The first-order valence-corrected chi connectivity index (χ1v) is 9.99. The minimum absolute atomic E-state index is 0.0699. The second kappa shape index (κ2) is 9.88. The second-order valence-electron chi connectivity index (χ2n) is 7.41. The maximum atomic E-state index is 14.4. The minimum atomic E-state index is -4.43. The standard InChI is InChI=1S/C22H23F4N3O3/c1-15(30)17-5-6-20(19(23)12-17)28-7-9-29(10-8-28)21(31)27-13-16-3-2-4-18(11-16)32-14-22(24,25)26/h2-6,11-12H,7-10,13-14H2,1H3,(H,27,31). The highest BCUT2D eigenvalue weighted by atomic mass is 19.4. The zero-order valence-electron chi connectivity index (χ0n) is 17.4. The Hall–Kier alpha value is -3.30. The molecule has 1 saturated heterocycles. The number of carbonyl (C=O) groups is 2. The Bertz CT molecular complexity index is 973. The number of Topliss-reactive ketones (excluding diaryl/α,β-unsaturated/α-hetero) is 1. The van der Waals surface area contributed by atoms with E-state index >= 15 is 0 Å². The molecule has 0 unspecified atom stereocenters. The van der Waals surface area contributed by atoms with E-state index in [1.165, 1.54) is 25.1 Å². The molecule has 172 valence electrons. The predicted octanol–water partition coefficient (Wildman–Crippen LogP) is 4.00. The number of halogens is 4. The molecule has 1 heterocycles. The smallest absolute Gasteiger partial charge is 0.422 e. The fourth-order valence-corrected chi connectivity index (χ4v) is 3.33. The van der Waals surface area contributed by atoms with Crippen LogP contribution in [0.15, 0.2) is 42.5 Å². The summed E-state index contributed by atoms with van der Waals surface area (Å²) in [6.45, 7) is 1.70. The van der Waals surface area contributed by atoms with Gasteiger partial charge < -0.3 is 19.9 Å². The van der Waals surface area contributed by atoms with Crippen molar-refractivity contribution in [2.75, 3.05) is 37.7 Å². The van der Waals surface area contributed by atoms with Crippen LogP contribution < -0.4 is 15.0 Å². The van der Waals surface area contributed by atoms with Crippen molar-refractivity contribution < 1.29 is 31.9 Å². The quantitative estimate of drug-likeness (QED) is 0.531. The van der Waals surface area contributed by atoms with E-state index in [9.17, 15) is 27.2 Å². The van der Waals surface area contributed by atoms with Crippen LogP contribution in [0.25, 0.3) is 0 Å². The molecular formula is C22H23F4N3O3. The summed E-state index contributed by atoms with van der Waals surface area (Å²) in [4.78, 5) is 27.2. The van der Waals surface area contributed by atoms with E-state index in [0.29, 0.717) is 43.0 Å². The highest BCUT2D eigenvalue weighted by Gasteiger charge is 2.28. The fraction of sp³-hybridized carbons (Fsp3) is 0.364. The molecule has 32 heavy (non-hydrogen) atoms. The minimum Gasteiger partial charge on any atom is -0.484 e. The average Bonchev–Trinajstić information content (AvgIpc) is 2.76. The zero-order valence-corrected chi connectivity index (χ0v) is 17.4. The summed E-state index contributed by atoms with van der Waals surface area (Å²) in [7, 11) is 0. The summed E-state index contributed by atoms with van der Waals surface area (Å²) < 4.78 is 55.9. The molecule has 2 amide bonds. The van der Waals surface area contributed by atoms with Crippen molar-refractivity contribution >= 4 is 17.5 Å². The maximum absolute atomic E-state index is 14.4. The van der Waals surface area contributed by atoms with Crippen LogP contribution in [-0.2, 0) is 6.54 Å². The van der Waals surface area contributed by atoms with Crippen LogP contribution >= 0.6 is 0 Å². The topological polar surface area (TPSA) is 61.9 Å². The number of anilines is 1. The molecule has 1 aliphatic rings. The van der Waals surface area contributed by atoms with Crippen LogP contribution in [-0.4, -0.2) is 55.7 Å². The van der Waals surface area contributed by atoms with E-state index in [1.54, 1.807) is 29.2 Å². The SMILES string of the molecule is CC(=O)c1ccc(N2CCN(C(=O)NCc3cccc(OCC(F)(F)F)c3)CC2)c(F)c1. The van der Waals surface area contributed by atoms with Crippen molar-refractivity contribution in [2.45, 2.75) is 19.6 Å². The lowest BCUT2D eigenvalue weighted by atomic mass is 10.1. The monoisotopic (exact) mass is 453 g/mol. The van der Waals surface area contributed by atoms with Gasteiger partial charge in [0.05, 0.1) is 5.69 Å². The number of hydrogen-bond acceptors (Lipinski definition) is 4. The van der Waals surface area contributed by atoms with E-state index in [0.717, 1.165) is 0 Å². The molecule has 2 aromatic carbocycles. The molecule has 0 saturated carbocycles. The third-order valence-corrected chi connectivity index (χ3v) is 5.01. The maximum Gasteiger partial charge on any atom is 0.422 e. The highest BCUT2D eigenvalue weighted by Crippen LogP contribution is 2.23. The summed E-state index contributed by atoms with van der Waals surface area (Å²) >= 11 is 0. The first-order chi connectivity index (χ1) is 15.1. The summed E-state index contributed by atoms with van der Waals surface area (Å²) in [5.41, 5.74) is 1.28. The van der Waals surface area contributed by atoms with Crippen molar-refractivity contribution in [1.82, 2.24) is 10.2 Å². The molecule has 0 radical (unpaired) electrons. The summed E-state index contributed by atoms with van der Waals surface area (Å²) in [6.07, 6.45) is -4.43. The number of piperazine rings is 1. The number of benzene rings is 2. The normalized spacial score (nSPS) is 14.3. The molecule has 0 aromatic heterocycles. The van der Waals surface area contributed by atoms with Gasteiger partial charge >= 0.3 is 12.2 Å². The number of carbonyl (C=O) groups excluding carboxylic acids is 2. The number of amides is 2. The van der Waals surface area contributed by atoms with Gasteiger partial charge in [0, 0.05) is 38.3 Å². The number of hydrogen-bond donors (Lipinski definition) is 1. The number of rotatable bonds is 6. The van der Waals surface area contributed by atoms with Crippen LogP contribution in [0.2, 0.25) is 0 Å². The van der Waals surface area contributed by atoms with Crippen molar-refractivity contribution in [3.63, 3.8) is 0 Å². The highest BCUT2D eigenvalue weighted by molar-refractivity contribution is 5.94. The van der Waals surface area contributed by atoms with Crippen LogP contribution in [0.5, 0.6) is 5.75 Å². The van der Waals surface area contributed by atoms with Gasteiger partial charge in [0.15, 0.2) is 12.4 Å². The summed E-state index contributed by atoms with van der Waals surface area (Å²) in [5.74, 6) is -0.627. The molecule has 0 atom stereocenters. The molecular weight excluding hydrogens is 430 g/mol. The van der Waals surface area contributed by atoms with Crippen molar-refractivity contribution in [3.8, 4) is 5.75 Å². The van der Waals surface area contributed by atoms with Gasteiger partial charge in [-0.1, -0.05) is 12.1 Å². The lowest BCUT2D eigenvalue weighted by Crippen LogP contribution is -2.51. The molecule has 3 rings (SSSR count). The van der Waals surface area contributed by atoms with Crippen molar-refractivity contribution in [2.24, 2.45) is 0 Å². The van der Waals surface area contributed by atoms with Crippen LogP contribution in [0.4, 0.5) is 28.0 Å². The van der Waals surface area contributed by atoms with Gasteiger partial charge in [0.1, 0.15) is 11.6 Å². The van der Waals surface area contributed by atoms with Gasteiger partial charge in [-0.2, -0.15) is 13.2 Å². The van der Waals surface area contributed by atoms with Gasteiger partial charge in [0.25, 0.3) is 0 Å². The third kappa shape index (κ3) is 6.35. The first-order valence-electron chi connectivity index (χ1n) is 9.99. The van der Waals surface area contributed by atoms with Crippen LogP contribution in [0, 0.1) is 5.82 Å². The summed E-state index contributed by atoms with van der Waals surface area (Å²) in [5, 5.41) is 2.73. The first kappa shape index (κ1) is 23.4. The Kier molecular flexibility index (Phi) is 7.22. The lowest BCUT2D eigenvalue weighted by Gasteiger charge is -2.36. The van der Waals surface area contributed by atoms with Gasteiger partial charge in [-0.25, -0.2) is 9.18 Å². The molecule has 6 nitrogen and oxygen atoms in total. The second-order valence-corrected chi connectivity index (χ2v) is 7.41. The Balaban J connectivity index is 1.49. The van der Waals surface area contributed by atoms with E-state index in [2.05, 4.69) is 5.32 Å². The Labute approximate surface area is 182 Å². The molecule has 10 heteroatoms. The molecule has 0 spiro atoms. The Morgan fingerprint density at radius 3 is 2.41 bits per heavy atom. The molecule has 2 aromatic rings. The van der Waals surface area contributed by atoms with E-state index in [-0.39, 0.29) is 24.1 Å². The number of nitrogens with one attached hydrogen (secondary N) is 1. The number of ether oxygens (including phenoxy) is 1. The third-order valence-electron chi connectivity index (χ3n) is 5.01. The molecule has 1 fully saturated rings. The summed E-state index contributed by atoms with van der Waals surface area (Å²) in [6, 6.07) is 10.1. The number of alkyl halides is 3. The molecule has 1 N–H and O–H groups in total. The van der Waals surface area contributed by atoms with Gasteiger partial charge in [-0.15, -0.1) is 0 Å². The number of urea groups is 1. The van der Waals surface area contributed by atoms with Crippen LogP contribution in [0.1, 0.15) is 22.8 Å². The molecule has 0 bridgehead atoms. The number of ketones is 1. The van der Waals surface area contributed by atoms with E-state index in [1.807, 2.05) is 4.90 Å². The van der Waals surface area contributed by atoms with Gasteiger partial charge in [0.2, 0.25) is 0 Å². The lowest BCUT2D eigenvalue weighted by molar-refractivity contribution is -0.153. The van der Waals surface area contributed by atoms with E-state index < -0.39 is 18.6 Å². The van der Waals surface area contributed by atoms with Gasteiger partial charge in [-0.05, 0) is 42.8 Å². The molecule has 1 aliphatic heterocycles. The zero-order chi connectivity index (χ0) is 23.3. The van der Waals surface area contributed by atoms with Crippen molar-refractivity contribution in [3.05, 3.63) is 59.4 Å². The average molecular weight is 453 g/mol. The van der Waals surface area contributed by atoms with Gasteiger partial charge in [-0.3, -0.25) is 4.79 Å². The van der Waals surface area contributed by atoms with Crippen molar-refractivity contribution in [1.29, 1.82) is 0 Å². The molecule has 0 aliphatic carbocycles. The number of nitrogens with zero attached hydrogens (tertiary/aromatic N) is 2. The predicted molar refractivity (Wildman–Crippen MR) is 110 cm³/mol. The Morgan fingerprint density at radius 2 is 1.78 bits per heavy atom. The van der Waals surface area contributed by atoms with E-state index in [4.69, 9.17) is 4.74 Å². The van der Waals surface area contributed by atoms with Crippen LogP contribution in [0.3, 0.4) is 0 Å². The fourth-order valence-electron chi connectivity index (χ4n) is 3.33.